The Bertz CT molecular complexity index is 1210. The first-order valence-electron chi connectivity index (χ1n) is 34.8. The Morgan fingerprint density at radius 2 is 0.625 bits per heavy atom. The van der Waals surface area contributed by atoms with Gasteiger partial charge in [0.2, 0.25) is 11.8 Å². The Morgan fingerprint density at radius 1 is 0.325 bits per heavy atom. The second kappa shape index (κ2) is 66.2. The van der Waals surface area contributed by atoms with E-state index in [0.717, 1.165) is 149 Å². The zero-order valence-electron chi connectivity index (χ0n) is 53.5. The molecule has 13 nitrogen and oxygen atoms in total. The van der Waals surface area contributed by atoms with Crippen LogP contribution in [0.2, 0.25) is 0 Å². The summed E-state index contributed by atoms with van der Waals surface area (Å²) in [4.78, 5) is 32.5. The van der Waals surface area contributed by atoms with Crippen molar-refractivity contribution in [2.45, 2.75) is 283 Å². The lowest BCUT2D eigenvalue weighted by Gasteiger charge is -2.28. The molecule has 0 aromatic heterocycles. The van der Waals surface area contributed by atoms with Gasteiger partial charge in [-0.2, -0.15) is 0 Å². The summed E-state index contributed by atoms with van der Waals surface area (Å²) < 4.78 is 0. The number of allylic oxidation sites excluding steroid dienone is 4. The summed E-state index contributed by atoms with van der Waals surface area (Å²) in [5.41, 5.74) is 17.2. The third-order valence-corrected chi connectivity index (χ3v) is 15.7. The van der Waals surface area contributed by atoms with Crippen molar-refractivity contribution in [1.29, 1.82) is 0 Å². The minimum atomic E-state index is -0.202. The monoisotopic (exact) mass is 1130 g/mol. The van der Waals surface area contributed by atoms with E-state index in [9.17, 15) is 9.59 Å². The fraction of sp³-hybridized carbons (Fsp3) is 0.910. The van der Waals surface area contributed by atoms with E-state index < -0.39 is 0 Å². The minimum Gasteiger partial charge on any atom is -0.355 e. The molecule has 0 aliphatic rings. The van der Waals surface area contributed by atoms with Crippen molar-refractivity contribution in [2.75, 3.05) is 111 Å². The van der Waals surface area contributed by atoms with Crippen LogP contribution in [0.15, 0.2) is 24.3 Å². The molecule has 0 radical (unpaired) electrons. The molecule has 0 fully saturated rings. The van der Waals surface area contributed by atoms with Crippen LogP contribution in [0.1, 0.15) is 271 Å². The van der Waals surface area contributed by atoms with E-state index in [1.165, 1.54) is 180 Å². The molecule has 2 unspecified atom stereocenters. The van der Waals surface area contributed by atoms with Crippen molar-refractivity contribution in [2.24, 2.45) is 17.2 Å². The van der Waals surface area contributed by atoms with Crippen molar-refractivity contribution in [3.05, 3.63) is 24.3 Å². The first kappa shape index (κ1) is 78.1. The number of amides is 2. The van der Waals surface area contributed by atoms with Crippen molar-refractivity contribution in [3.8, 4) is 0 Å². The minimum absolute atomic E-state index is 0.108. The molecule has 2 amide bonds. The van der Waals surface area contributed by atoms with Gasteiger partial charge in [-0.05, 0) is 213 Å². The molecule has 12 N–H and O–H groups in total. The fourth-order valence-electron chi connectivity index (χ4n) is 10.4. The number of rotatable bonds is 67. The number of nitrogens with one attached hydrogen (secondary N) is 6. The molecule has 0 bridgehead atoms. The average molecular weight is 1130 g/mol. The number of carbonyl (C=O) groups excluding carboxylic acids is 2. The normalized spacial score (nSPS) is 12.8. The third kappa shape index (κ3) is 56.5. The van der Waals surface area contributed by atoms with Gasteiger partial charge >= 0.3 is 0 Å². The molecule has 80 heavy (non-hydrogen) atoms. The molecule has 0 heterocycles. The molecule has 0 spiro atoms. The van der Waals surface area contributed by atoms with Gasteiger partial charge in [-0.15, -0.1) is 0 Å². The molecular formula is C67H139N11O2. The van der Waals surface area contributed by atoms with E-state index in [1.54, 1.807) is 0 Å². The molecular weight excluding hydrogens is 991 g/mol. The second-order valence-electron chi connectivity index (χ2n) is 23.4. The quantitative estimate of drug-likeness (QED) is 0.0208. The first-order chi connectivity index (χ1) is 39.5. The smallest absolute Gasteiger partial charge is 0.237 e. The summed E-state index contributed by atoms with van der Waals surface area (Å²) in [5.74, 6) is 0.251. The lowest BCUT2D eigenvalue weighted by molar-refractivity contribution is -0.124. The van der Waals surface area contributed by atoms with Gasteiger partial charge in [-0.25, -0.2) is 0 Å². The summed E-state index contributed by atoms with van der Waals surface area (Å²) in [6.07, 6.45) is 57.1. The summed E-state index contributed by atoms with van der Waals surface area (Å²) in [7, 11) is 0. The summed E-state index contributed by atoms with van der Waals surface area (Å²) >= 11 is 0. The number of hydrogen-bond acceptors (Lipinski definition) is 11. The van der Waals surface area contributed by atoms with E-state index in [-0.39, 0.29) is 23.9 Å². The number of hydrogen-bond donors (Lipinski definition) is 9. The van der Waals surface area contributed by atoms with Crippen LogP contribution < -0.4 is 49.1 Å². The number of nitrogens with zero attached hydrogens (tertiary/aromatic N) is 2. The average Bonchev–Trinajstić information content (AvgIpc) is 3.46. The number of unbranched alkanes of at least 4 members (excludes halogenated alkanes) is 25. The molecule has 474 valence electrons. The molecule has 0 aliphatic heterocycles. The van der Waals surface area contributed by atoms with Crippen molar-refractivity contribution >= 4 is 11.8 Å². The van der Waals surface area contributed by atoms with Gasteiger partial charge in [0.15, 0.2) is 0 Å². The van der Waals surface area contributed by atoms with Crippen molar-refractivity contribution in [1.82, 2.24) is 41.7 Å². The van der Waals surface area contributed by atoms with E-state index in [1.807, 2.05) is 0 Å². The standard InChI is InChI=1S/C67H139N11O2/c1-4-7-10-12-14-16-18-20-22-24-26-28-30-32-34-36-58-77(60-43-56-75-66(79)64(73-54-9-6-3)45-38-50-71-52-40-47-68)62-63-78(59-37-35-33-31-29-27-25-23-21-19-17-15-13-11-8-5-2)61-44-57-76-67(80)65(74-55-42-49-70)46-39-51-72-53-41-48-69/h20-23,64-65,71-74H,4-19,24-63,68-70H2,1-3H3,(H,75,79)(H,76,80)/b22-20-,23-21-. The van der Waals surface area contributed by atoms with Crippen LogP contribution in [0.4, 0.5) is 0 Å². The van der Waals surface area contributed by atoms with E-state index in [2.05, 4.69) is 86.8 Å². The zero-order valence-corrected chi connectivity index (χ0v) is 53.5. The molecule has 0 aliphatic carbocycles. The largest absolute Gasteiger partial charge is 0.355 e. The molecule has 13 heteroatoms. The highest BCUT2D eigenvalue weighted by Crippen LogP contribution is 2.14. The predicted octanol–water partition coefficient (Wildman–Crippen LogP) is 12.2. The Hall–Kier alpha value is -1.94. The predicted molar refractivity (Wildman–Crippen MR) is 351 cm³/mol. The Labute approximate surface area is 497 Å². The maximum Gasteiger partial charge on any atom is 0.237 e. The summed E-state index contributed by atoms with van der Waals surface area (Å²) in [6.45, 7) is 21.7. The van der Waals surface area contributed by atoms with Crippen LogP contribution in [0.5, 0.6) is 0 Å². The van der Waals surface area contributed by atoms with Gasteiger partial charge in [0.05, 0.1) is 12.1 Å². The molecule has 0 saturated carbocycles. The molecule has 0 rings (SSSR count). The second-order valence-corrected chi connectivity index (χ2v) is 23.4. The maximum absolute atomic E-state index is 13.6. The summed E-state index contributed by atoms with van der Waals surface area (Å²) in [6, 6.07) is -0.352. The highest BCUT2D eigenvalue weighted by Gasteiger charge is 2.19. The highest BCUT2D eigenvalue weighted by atomic mass is 16.2. The zero-order chi connectivity index (χ0) is 58.1. The van der Waals surface area contributed by atoms with E-state index in [4.69, 9.17) is 17.2 Å². The lowest BCUT2D eigenvalue weighted by Crippen LogP contribution is -2.46. The number of nitrogens with two attached hydrogens (primary N) is 3. The Morgan fingerprint density at radius 3 is 0.988 bits per heavy atom. The Balaban J connectivity index is 5.60. The van der Waals surface area contributed by atoms with Crippen LogP contribution in [-0.2, 0) is 9.59 Å². The van der Waals surface area contributed by atoms with Gasteiger partial charge in [0, 0.05) is 26.2 Å². The lowest BCUT2D eigenvalue weighted by atomic mass is 10.1. The maximum atomic E-state index is 13.6. The molecule has 0 aromatic carbocycles. The van der Waals surface area contributed by atoms with Crippen molar-refractivity contribution < 1.29 is 9.59 Å². The van der Waals surface area contributed by atoms with Crippen LogP contribution in [0.25, 0.3) is 0 Å². The van der Waals surface area contributed by atoms with Crippen LogP contribution >= 0.6 is 0 Å². The van der Waals surface area contributed by atoms with Gasteiger partial charge in [0.25, 0.3) is 0 Å². The molecule has 0 aromatic rings. The van der Waals surface area contributed by atoms with E-state index >= 15 is 0 Å². The van der Waals surface area contributed by atoms with Gasteiger partial charge in [0.1, 0.15) is 0 Å². The SMILES string of the molecule is CCCCCCCC/C=C\CCCCCCCCN(CCCNC(=O)C(CCCNCCCN)NCCCC)CCN(CCCCCCCC/C=C\CCCCCCCC)CCCNC(=O)C(CCCNCCCN)NCCCN. The van der Waals surface area contributed by atoms with Gasteiger partial charge < -0.3 is 58.9 Å². The fourth-order valence-corrected chi connectivity index (χ4v) is 10.4. The number of carbonyl (C=O) groups is 2. The van der Waals surface area contributed by atoms with Gasteiger partial charge in [-0.1, -0.05) is 167 Å². The third-order valence-electron chi connectivity index (χ3n) is 15.7. The Kier molecular flexibility index (Phi) is 64.6. The topological polar surface area (TPSA) is 191 Å². The van der Waals surface area contributed by atoms with Crippen LogP contribution in [-0.4, -0.2) is 145 Å². The molecule has 2 atom stereocenters. The van der Waals surface area contributed by atoms with Crippen molar-refractivity contribution in [3.63, 3.8) is 0 Å². The summed E-state index contributed by atoms with van der Waals surface area (Å²) in [5, 5.41) is 20.7. The van der Waals surface area contributed by atoms with Crippen LogP contribution in [0, 0.1) is 0 Å². The van der Waals surface area contributed by atoms with E-state index in [0.29, 0.717) is 32.7 Å². The first-order valence-corrected chi connectivity index (χ1v) is 34.8. The van der Waals surface area contributed by atoms with Crippen LogP contribution in [0.3, 0.4) is 0 Å². The molecule has 0 saturated heterocycles. The van der Waals surface area contributed by atoms with Gasteiger partial charge in [-0.3, -0.25) is 9.59 Å². The highest BCUT2D eigenvalue weighted by molar-refractivity contribution is 5.82.